The zero-order chi connectivity index (χ0) is 13.6. The predicted octanol–water partition coefficient (Wildman–Crippen LogP) is -0.941. The van der Waals surface area contributed by atoms with Gasteiger partial charge < -0.3 is 20.5 Å². The van der Waals surface area contributed by atoms with Gasteiger partial charge in [0, 0.05) is 6.42 Å². The minimum atomic E-state index is -0.586. The first-order valence-corrected chi connectivity index (χ1v) is 6.71. The number of fused-ring (bicyclic) bond motifs is 1. The number of hydrogen-bond donors (Lipinski definition) is 4. The molecule has 1 saturated heterocycles. The van der Waals surface area contributed by atoms with Crippen LogP contribution in [0.4, 0.5) is 5.95 Å². The second-order valence-corrected chi connectivity index (χ2v) is 5.81. The number of thioether (sulfide) groups is 1. The molecule has 102 valence electrons. The third kappa shape index (κ3) is 1.99. The van der Waals surface area contributed by atoms with Crippen LogP contribution >= 0.6 is 11.8 Å². The molecule has 1 fully saturated rings. The molecule has 3 rings (SSSR count). The molecular formula is C10H13N5O3S. The molecule has 3 atom stereocenters. The standard InChI is InChI=1S/C10H13N5O3S/c11-10-13-8-7(9(18)14-10)12-3-15(8)6-1-4(17)5(2-16)19-6/h3-6,16-17H,1-2H2,(H3,11,13,14,18). The summed E-state index contributed by atoms with van der Waals surface area (Å²) in [6.45, 7) is -0.0921. The highest BCUT2D eigenvalue weighted by Crippen LogP contribution is 2.42. The van der Waals surface area contributed by atoms with Gasteiger partial charge in [-0.3, -0.25) is 9.78 Å². The molecule has 5 N–H and O–H groups in total. The van der Waals surface area contributed by atoms with E-state index >= 15 is 0 Å². The highest BCUT2D eigenvalue weighted by Gasteiger charge is 2.35. The van der Waals surface area contributed by atoms with Crippen molar-refractivity contribution in [1.29, 1.82) is 0 Å². The number of aromatic amines is 1. The van der Waals surface area contributed by atoms with E-state index in [2.05, 4.69) is 15.0 Å². The van der Waals surface area contributed by atoms with Gasteiger partial charge in [-0.25, -0.2) is 4.98 Å². The molecule has 0 aliphatic carbocycles. The van der Waals surface area contributed by atoms with Gasteiger partial charge in [-0.05, 0) is 0 Å². The van der Waals surface area contributed by atoms with Crippen molar-refractivity contribution in [2.24, 2.45) is 0 Å². The van der Waals surface area contributed by atoms with Gasteiger partial charge in [0.2, 0.25) is 5.95 Å². The summed E-state index contributed by atoms with van der Waals surface area (Å²) in [5.41, 5.74) is 5.75. The number of imidazole rings is 1. The predicted molar refractivity (Wildman–Crippen MR) is 70.7 cm³/mol. The quantitative estimate of drug-likeness (QED) is 0.559. The first-order valence-electron chi connectivity index (χ1n) is 5.77. The number of aliphatic hydroxyl groups excluding tert-OH is 2. The Hall–Kier alpha value is -1.58. The van der Waals surface area contributed by atoms with Gasteiger partial charge in [0.05, 0.1) is 29.7 Å². The lowest BCUT2D eigenvalue weighted by Gasteiger charge is -2.11. The average Bonchev–Trinajstić information content (AvgIpc) is 2.92. The van der Waals surface area contributed by atoms with Crippen LogP contribution in [0.15, 0.2) is 11.1 Å². The number of aliphatic hydroxyl groups is 2. The van der Waals surface area contributed by atoms with Crippen molar-refractivity contribution in [2.45, 2.75) is 23.1 Å². The summed E-state index contributed by atoms with van der Waals surface area (Å²) in [5, 5.41) is 18.6. The number of anilines is 1. The highest BCUT2D eigenvalue weighted by molar-refractivity contribution is 8.00. The number of aromatic nitrogens is 4. The molecule has 0 aromatic carbocycles. The van der Waals surface area contributed by atoms with Crippen LogP contribution in [-0.2, 0) is 0 Å². The molecule has 19 heavy (non-hydrogen) atoms. The number of nitrogens with zero attached hydrogens (tertiary/aromatic N) is 3. The first kappa shape index (κ1) is 12.5. The van der Waals surface area contributed by atoms with E-state index in [0.29, 0.717) is 12.1 Å². The molecule has 9 heteroatoms. The molecular weight excluding hydrogens is 270 g/mol. The molecule has 0 saturated carbocycles. The molecule has 2 aromatic rings. The third-order valence-corrected chi connectivity index (χ3v) is 4.69. The fourth-order valence-electron chi connectivity index (χ4n) is 2.20. The van der Waals surface area contributed by atoms with Crippen molar-refractivity contribution < 1.29 is 10.2 Å². The number of hydrogen-bond acceptors (Lipinski definition) is 7. The number of H-pyrrole nitrogens is 1. The summed E-state index contributed by atoms with van der Waals surface area (Å²) in [4.78, 5) is 22.2. The maximum atomic E-state index is 11.7. The average molecular weight is 283 g/mol. The summed E-state index contributed by atoms with van der Waals surface area (Å²) < 4.78 is 1.71. The topological polar surface area (TPSA) is 130 Å². The van der Waals surface area contributed by atoms with Crippen molar-refractivity contribution in [3.63, 3.8) is 0 Å². The zero-order valence-electron chi connectivity index (χ0n) is 9.85. The summed E-state index contributed by atoms with van der Waals surface area (Å²) in [5.74, 6) is 0.0292. The molecule has 3 unspecified atom stereocenters. The lowest BCUT2D eigenvalue weighted by atomic mass is 10.2. The molecule has 1 aliphatic rings. The smallest absolute Gasteiger partial charge is 0.280 e. The number of nitrogen functional groups attached to an aromatic ring is 1. The van der Waals surface area contributed by atoms with Crippen molar-refractivity contribution in [3.8, 4) is 0 Å². The SMILES string of the molecule is Nc1nc2c(ncn2C2CC(O)C(CO)S2)c(=O)[nH]1. The monoisotopic (exact) mass is 283 g/mol. The van der Waals surface area contributed by atoms with Crippen molar-refractivity contribution >= 4 is 28.9 Å². The van der Waals surface area contributed by atoms with Gasteiger partial charge in [0.15, 0.2) is 11.2 Å². The Balaban J connectivity index is 2.05. The maximum absolute atomic E-state index is 11.7. The maximum Gasteiger partial charge on any atom is 0.280 e. The molecule has 1 aliphatic heterocycles. The molecule has 0 spiro atoms. The highest BCUT2D eigenvalue weighted by atomic mass is 32.2. The summed E-state index contributed by atoms with van der Waals surface area (Å²) >= 11 is 1.43. The fourth-order valence-corrected chi connectivity index (χ4v) is 3.58. The van der Waals surface area contributed by atoms with Crippen molar-refractivity contribution in [3.05, 3.63) is 16.7 Å². The van der Waals surface area contributed by atoms with E-state index in [0.717, 1.165) is 0 Å². The fraction of sp³-hybridized carbons (Fsp3) is 0.500. The first-order chi connectivity index (χ1) is 9.10. The van der Waals surface area contributed by atoms with E-state index < -0.39 is 6.10 Å². The molecule has 3 heterocycles. The molecule has 2 aromatic heterocycles. The largest absolute Gasteiger partial charge is 0.395 e. The van der Waals surface area contributed by atoms with Gasteiger partial charge in [0.25, 0.3) is 5.56 Å². The van der Waals surface area contributed by atoms with Crippen LogP contribution in [0, 0.1) is 0 Å². The van der Waals surface area contributed by atoms with Gasteiger partial charge >= 0.3 is 0 Å². The number of nitrogens with one attached hydrogen (secondary N) is 1. The Labute approximate surface area is 111 Å². The van der Waals surface area contributed by atoms with Crippen LogP contribution < -0.4 is 11.3 Å². The summed E-state index contributed by atoms with van der Waals surface area (Å²) in [7, 11) is 0. The third-order valence-electron chi connectivity index (χ3n) is 3.15. The number of rotatable bonds is 2. The van der Waals surface area contributed by atoms with Crippen LogP contribution in [-0.4, -0.2) is 47.7 Å². The minimum Gasteiger partial charge on any atom is -0.395 e. The van der Waals surface area contributed by atoms with Gasteiger partial charge in [-0.2, -0.15) is 4.98 Å². The molecule has 0 amide bonds. The lowest BCUT2D eigenvalue weighted by Crippen LogP contribution is -2.20. The van der Waals surface area contributed by atoms with Crippen LogP contribution in [0.25, 0.3) is 11.2 Å². The Morgan fingerprint density at radius 2 is 2.42 bits per heavy atom. The van der Waals surface area contributed by atoms with E-state index in [-0.39, 0.29) is 34.3 Å². The van der Waals surface area contributed by atoms with E-state index in [1.54, 1.807) is 4.57 Å². The van der Waals surface area contributed by atoms with E-state index in [9.17, 15) is 9.90 Å². The van der Waals surface area contributed by atoms with Crippen molar-refractivity contribution in [2.75, 3.05) is 12.3 Å². The van der Waals surface area contributed by atoms with Crippen LogP contribution in [0.2, 0.25) is 0 Å². The lowest BCUT2D eigenvalue weighted by molar-refractivity contribution is 0.138. The minimum absolute atomic E-state index is 0.0292. The zero-order valence-corrected chi connectivity index (χ0v) is 10.7. The van der Waals surface area contributed by atoms with Crippen LogP contribution in [0.3, 0.4) is 0 Å². The van der Waals surface area contributed by atoms with E-state index in [1.165, 1.54) is 18.1 Å². The Bertz CT molecular complexity index is 669. The van der Waals surface area contributed by atoms with Gasteiger partial charge in [-0.1, -0.05) is 0 Å². The Morgan fingerprint density at radius 3 is 3.11 bits per heavy atom. The number of nitrogens with two attached hydrogens (primary N) is 1. The van der Waals surface area contributed by atoms with E-state index in [1.807, 2.05) is 0 Å². The molecule has 0 radical (unpaired) electrons. The van der Waals surface area contributed by atoms with Crippen molar-refractivity contribution in [1.82, 2.24) is 19.5 Å². The van der Waals surface area contributed by atoms with Gasteiger partial charge in [-0.15, -0.1) is 11.8 Å². The molecule has 8 nitrogen and oxygen atoms in total. The second-order valence-electron chi connectivity index (χ2n) is 4.39. The Morgan fingerprint density at radius 1 is 1.63 bits per heavy atom. The van der Waals surface area contributed by atoms with Crippen LogP contribution in [0.1, 0.15) is 11.8 Å². The summed E-state index contributed by atoms with van der Waals surface area (Å²) in [6.07, 6.45) is 1.39. The normalized spacial score (nSPS) is 27.2. The van der Waals surface area contributed by atoms with Crippen LogP contribution in [0.5, 0.6) is 0 Å². The Kier molecular flexibility index (Phi) is 2.96. The summed E-state index contributed by atoms with van der Waals surface area (Å²) in [6, 6.07) is 0. The van der Waals surface area contributed by atoms with Gasteiger partial charge in [0.1, 0.15) is 0 Å². The molecule has 0 bridgehead atoms. The van der Waals surface area contributed by atoms with E-state index in [4.69, 9.17) is 10.8 Å². The second kappa shape index (κ2) is 4.51.